The molecule has 3 rings (SSSR count). The molecule has 29 heavy (non-hydrogen) atoms. The SMILES string of the molecule is CCOC(=O)Cc1ccn(-c2ccc(F)cc2)c1-c1cc(S(C)(=O)=O)ccc1C. The number of carbonyl (C=O) groups is 1. The van der Waals surface area contributed by atoms with Crippen molar-refractivity contribution in [2.24, 2.45) is 0 Å². The minimum atomic E-state index is -3.41. The molecule has 0 aliphatic carbocycles. The first kappa shape index (κ1) is 20.8. The van der Waals surface area contributed by atoms with Gasteiger partial charge in [0, 0.05) is 23.7 Å². The highest BCUT2D eigenvalue weighted by Gasteiger charge is 2.19. The number of carbonyl (C=O) groups excluding carboxylic acids is 1. The number of ether oxygens (including phenoxy) is 1. The molecule has 152 valence electrons. The van der Waals surface area contributed by atoms with Crippen molar-refractivity contribution >= 4 is 15.8 Å². The summed E-state index contributed by atoms with van der Waals surface area (Å²) in [6.07, 6.45) is 2.98. The van der Waals surface area contributed by atoms with Crippen molar-refractivity contribution in [2.75, 3.05) is 12.9 Å². The number of esters is 1. The summed E-state index contributed by atoms with van der Waals surface area (Å²) >= 11 is 0. The van der Waals surface area contributed by atoms with E-state index in [1.165, 1.54) is 12.1 Å². The maximum absolute atomic E-state index is 13.4. The molecule has 5 nitrogen and oxygen atoms in total. The van der Waals surface area contributed by atoms with Crippen LogP contribution >= 0.6 is 0 Å². The summed E-state index contributed by atoms with van der Waals surface area (Å²) in [5.41, 5.74) is 3.60. The summed E-state index contributed by atoms with van der Waals surface area (Å²) in [6, 6.07) is 12.7. The van der Waals surface area contributed by atoms with Crippen molar-refractivity contribution in [1.82, 2.24) is 4.57 Å². The number of nitrogens with zero attached hydrogens (tertiary/aromatic N) is 1. The molecular formula is C22H22FNO4S. The topological polar surface area (TPSA) is 65.4 Å². The Morgan fingerprint density at radius 3 is 2.41 bits per heavy atom. The van der Waals surface area contributed by atoms with Crippen LogP contribution in [0.15, 0.2) is 59.6 Å². The molecule has 0 unspecified atom stereocenters. The van der Waals surface area contributed by atoms with Crippen LogP contribution in [0.25, 0.3) is 16.9 Å². The molecule has 1 heterocycles. The van der Waals surface area contributed by atoms with Crippen LogP contribution in [0.4, 0.5) is 4.39 Å². The lowest BCUT2D eigenvalue weighted by atomic mass is 10.0. The van der Waals surface area contributed by atoms with Crippen LogP contribution in [-0.4, -0.2) is 31.8 Å². The summed E-state index contributed by atoms with van der Waals surface area (Å²) < 4.78 is 44.5. The summed E-state index contributed by atoms with van der Waals surface area (Å²) in [5.74, 6) is -0.730. The predicted molar refractivity (Wildman–Crippen MR) is 109 cm³/mol. The normalized spacial score (nSPS) is 11.4. The van der Waals surface area contributed by atoms with Gasteiger partial charge in [0.05, 0.1) is 23.6 Å². The quantitative estimate of drug-likeness (QED) is 0.569. The maximum Gasteiger partial charge on any atom is 0.310 e. The van der Waals surface area contributed by atoms with Crippen LogP contribution in [0.2, 0.25) is 0 Å². The van der Waals surface area contributed by atoms with E-state index >= 15 is 0 Å². The number of rotatable bonds is 6. The molecule has 0 saturated heterocycles. The molecule has 0 N–H and O–H groups in total. The Morgan fingerprint density at radius 2 is 1.79 bits per heavy atom. The van der Waals surface area contributed by atoms with Crippen LogP contribution in [0.1, 0.15) is 18.1 Å². The highest BCUT2D eigenvalue weighted by atomic mass is 32.2. The third-order valence-corrected chi connectivity index (χ3v) is 5.72. The van der Waals surface area contributed by atoms with Gasteiger partial charge in [-0.05, 0) is 67.4 Å². The van der Waals surface area contributed by atoms with Crippen molar-refractivity contribution in [3.05, 3.63) is 71.7 Å². The van der Waals surface area contributed by atoms with Gasteiger partial charge in [-0.15, -0.1) is 0 Å². The lowest BCUT2D eigenvalue weighted by molar-refractivity contribution is -0.142. The van der Waals surface area contributed by atoms with Gasteiger partial charge in [0.25, 0.3) is 0 Å². The van der Waals surface area contributed by atoms with E-state index in [9.17, 15) is 17.6 Å². The second kappa shape index (κ2) is 8.21. The van der Waals surface area contributed by atoms with E-state index in [1.807, 2.05) is 11.5 Å². The molecule has 0 fully saturated rings. The highest BCUT2D eigenvalue weighted by Crippen LogP contribution is 2.33. The molecule has 0 aliphatic rings. The van der Waals surface area contributed by atoms with Gasteiger partial charge >= 0.3 is 5.97 Å². The lowest BCUT2D eigenvalue weighted by Crippen LogP contribution is -2.09. The standard InChI is InChI=1S/C22H22FNO4S/c1-4-28-21(25)13-16-11-12-24(18-8-6-17(23)7-9-18)22(16)20-14-19(29(3,26)27)10-5-15(20)2/h5-12,14H,4,13H2,1-3H3. The Bertz CT molecular complexity index is 1150. The number of sulfone groups is 1. The van der Waals surface area contributed by atoms with Crippen molar-refractivity contribution in [1.29, 1.82) is 0 Å². The molecule has 0 radical (unpaired) electrons. The summed E-state index contributed by atoms with van der Waals surface area (Å²) in [5, 5.41) is 0. The van der Waals surface area contributed by atoms with E-state index in [0.29, 0.717) is 22.5 Å². The molecule has 0 amide bonds. The largest absolute Gasteiger partial charge is 0.466 e. The van der Waals surface area contributed by atoms with Gasteiger partial charge in [0.15, 0.2) is 9.84 Å². The molecule has 0 atom stereocenters. The van der Waals surface area contributed by atoms with Gasteiger partial charge in [0.1, 0.15) is 5.82 Å². The molecule has 2 aromatic carbocycles. The van der Waals surface area contributed by atoms with Crippen LogP contribution in [0.3, 0.4) is 0 Å². The fourth-order valence-corrected chi connectivity index (χ4v) is 3.84. The van der Waals surface area contributed by atoms with Gasteiger partial charge in [-0.25, -0.2) is 12.8 Å². The van der Waals surface area contributed by atoms with E-state index in [4.69, 9.17) is 4.74 Å². The first-order valence-corrected chi connectivity index (χ1v) is 11.0. The van der Waals surface area contributed by atoms with Crippen molar-refractivity contribution in [3.8, 4) is 16.9 Å². The number of halogens is 1. The Balaban J connectivity index is 2.23. The number of aromatic nitrogens is 1. The van der Waals surface area contributed by atoms with E-state index in [2.05, 4.69) is 0 Å². The summed E-state index contributed by atoms with van der Waals surface area (Å²) in [7, 11) is -3.41. The predicted octanol–water partition coefficient (Wildman–Crippen LogP) is 4.10. The zero-order valence-electron chi connectivity index (χ0n) is 16.5. The van der Waals surface area contributed by atoms with Crippen LogP contribution in [0.5, 0.6) is 0 Å². The van der Waals surface area contributed by atoms with Crippen LogP contribution < -0.4 is 0 Å². The average Bonchev–Trinajstić information content (AvgIpc) is 3.05. The number of aryl methyl sites for hydroxylation is 1. The van der Waals surface area contributed by atoms with Gasteiger partial charge in [-0.1, -0.05) is 6.07 Å². The molecule has 0 aliphatic heterocycles. The van der Waals surface area contributed by atoms with Crippen molar-refractivity contribution < 1.29 is 22.3 Å². The Morgan fingerprint density at radius 1 is 1.10 bits per heavy atom. The zero-order valence-corrected chi connectivity index (χ0v) is 17.3. The molecule has 0 bridgehead atoms. The second-order valence-corrected chi connectivity index (χ2v) is 8.78. The van der Waals surface area contributed by atoms with Crippen LogP contribution in [0, 0.1) is 12.7 Å². The van der Waals surface area contributed by atoms with Gasteiger partial charge in [-0.3, -0.25) is 4.79 Å². The minimum Gasteiger partial charge on any atom is -0.466 e. The number of hydrogen-bond acceptors (Lipinski definition) is 4. The first-order valence-electron chi connectivity index (χ1n) is 9.13. The van der Waals surface area contributed by atoms with E-state index in [1.54, 1.807) is 49.5 Å². The third-order valence-electron chi connectivity index (χ3n) is 4.61. The van der Waals surface area contributed by atoms with Crippen molar-refractivity contribution in [3.63, 3.8) is 0 Å². The number of benzene rings is 2. The third kappa shape index (κ3) is 4.56. The fraction of sp³-hybridized carbons (Fsp3) is 0.227. The average molecular weight is 415 g/mol. The van der Waals surface area contributed by atoms with Gasteiger partial charge < -0.3 is 9.30 Å². The summed E-state index contributed by atoms with van der Waals surface area (Å²) in [6.45, 7) is 3.88. The van der Waals surface area contributed by atoms with E-state index in [-0.39, 0.29) is 29.7 Å². The molecule has 0 saturated carbocycles. The first-order chi connectivity index (χ1) is 13.7. The number of hydrogen-bond donors (Lipinski definition) is 0. The van der Waals surface area contributed by atoms with E-state index in [0.717, 1.165) is 11.8 Å². The molecule has 7 heteroatoms. The Hall–Kier alpha value is -2.93. The smallest absolute Gasteiger partial charge is 0.310 e. The highest BCUT2D eigenvalue weighted by molar-refractivity contribution is 7.90. The minimum absolute atomic E-state index is 0.0416. The Kier molecular flexibility index (Phi) is 5.88. The monoisotopic (exact) mass is 415 g/mol. The zero-order chi connectivity index (χ0) is 21.2. The second-order valence-electron chi connectivity index (χ2n) is 6.77. The molecular weight excluding hydrogens is 393 g/mol. The summed E-state index contributed by atoms with van der Waals surface area (Å²) in [4.78, 5) is 12.3. The van der Waals surface area contributed by atoms with Crippen LogP contribution in [-0.2, 0) is 25.8 Å². The molecule has 0 spiro atoms. The van der Waals surface area contributed by atoms with E-state index < -0.39 is 9.84 Å². The Labute approximate surface area is 169 Å². The van der Waals surface area contributed by atoms with Crippen molar-refractivity contribution in [2.45, 2.75) is 25.2 Å². The lowest BCUT2D eigenvalue weighted by Gasteiger charge is -2.15. The molecule has 1 aromatic heterocycles. The maximum atomic E-state index is 13.4. The molecule has 3 aromatic rings. The van der Waals surface area contributed by atoms with Gasteiger partial charge in [-0.2, -0.15) is 0 Å². The van der Waals surface area contributed by atoms with Gasteiger partial charge in [0.2, 0.25) is 0 Å². The fourth-order valence-electron chi connectivity index (χ4n) is 3.19.